The molecule has 1 aliphatic heterocycles. The summed E-state index contributed by atoms with van der Waals surface area (Å²) in [6, 6.07) is 13.4. The maximum atomic E-state index is 12.2. The highest BCUT2D eigenvalue weighted by atomic mass is 28.3. The van der Waals surface area contributed by atoms with E-state index in [0.717, 1.165) is 30.2 Å². The smallest absolute Gasteiger partial charge is 0.402 e. The molecule has 1 atom stereocenters. The molecule has 1 aromatic carbocycles. The van der Waals surface area contributed by atoms with Gasteiger partial charge in [-0.15, -0.1) is 0 Å². The van der Waals surface area contributed by atoms with Crippen LogP contribution in [-0.4, -0.2) is 25.4 Å². The van der Waals surface area contributed by atoms with Crippen LogP contribution in [0, 0.1) is 0 Å². The van der Waals surface area contributed by atoms with Gasteiger partial charge in [-0.2, -0.15) is 0 Å². The minimum absolute atomic E-state index is 0.0924. The van der Waals surface area contributed by atoms with Crippen LogP contribution in [0.25, 0.3) is 0 Å². The zero-order valence-corrected chi connectivity index (χ0v) is 13.1. The second-order valence-electron chi connectivity index (χ2n) is 5.18. The van der Waals surface area contributed by atoms with Crippen LogP contribution >= 0.6 is 0 Å². The van der Waals surface area contributed by atoms with E-state index >= 15 is 0 Å². The molecule has 3 nitrogen and oxygen atoms in total. The van der Waals surface area contributed by atoms with Crippen LogP contribution in [-0.2, 0) is 4.74 Å². The van der Waals surface area contributed by atoms with E-state index in [1.807, 2.05) is 30.3 Å². The fraction of sp³-hybridized carbons (Fsp3) is 0.533. The molecule has 1 heterocycles. The van der Waals surface area contributed by atoms with E-state index in [4.69, 9.17) is 4.74 Å². The van der Waals surface area contributed by atoms with Crippen LogP contribution in [0.15, 0.2) is 30.3 Å². The van der Waals surface area contributed by atoms with E-state index in [0.29, 0.717) is 0 Å². The SMILES string of the molecule is CC[Si](CC)(CC)N1CC(c2ccccc2)OC1=O. The maximum absolute atomic E-state index is 12.2. The van der Waals surface area contributed by atoms with Gasteiger partial charge in [-0.05, 0) is 23.7 Å². The van der Waals surface area contributed by atoms with E-state index < -0.39 is 8.24 Å². The molecule has 1 amide bonds. The summed E-state index contributed by atoms with van der Waals surface area (Å²) in [6.45, 7) is 7.36. The zero-order chi connectivity index (χ0) is 13.9. The van der Waals surface area contributed by atoms with Crippen LogP contribution in [0.3, 0.4) is 0 Å². The van der Waals surface area contributed by atoms with Crippen molar-refractivity contribution < 1.29 is 9.53 Å². The Balaban J connectivity index is 2.20. The molecule has 2 rings (SSSR count). The zero-order valence-electron chi connectivity index (χ0n) is 12.1. The first-order valence-electron chi connectivity index (χ1n) is 7.20. The first-order valence-corrected chi connectivity index (χ1v) is 9.77. The average molecular weight is 277 g/mol. The predicted octanol–water partition coefficient (Wildman–Crippen LogP) is 4.19. The normalized spacial score (nSPS) is 19.6. The quantitative estimate of drug-likeness (QED) is 0.755. The number of amides is 1. The third-order valence-corrected chi connectivity index (χ3v) is 9.99. The molecule has 19 heavy (non-hydrogen) atoms. The second-order valence-corrected chi connectivity index (χ2v) is 10.3. The Labute approximate surface area is 116 Å². The molecule has 0 aliphatic carbocycles. The van der Waals surface area contributed by atoms with Crippen molar-refractivity contribution in [1.29, 1.82) is 0 Å². The highest BCUT2D eigenvalue weighted by Crippen LogP contribution is 2.34. The number of cyclic esters (lactones) is 1. The third-order valence-electron chi connectivity index (χ3n) is 4.53. The van der Waals surface area contributed by atoms with Gasteiger partial charge in [0.25, 0.3) is 0 Å². The largest absolute Gasteiger partial charge is 0.440 e. The lowest BCUT2D eigenvalue weighted by atomic mass is 10.1. The lowest BCUT2D eigenvalue weighted by Gasteiger charge is -2.36. The molecular formula is C15H23NO2Si. The van der Waals surface area contributed by atoms with Crippen molar-refractivity contribution in [3.63, 3.8) is 0 Å². The van der Waals surface area contributed by atoms with E-state index in [9.17, 15) is 4.79 Å². The molecule has 0 spiro atoms. The van der Waals surface area contributed by atoms with Crippen LogP contribution in [0.4, 0.5) is 4.79 Å². The van der Waals surface area contributed by atoms with Gasteiger partial charge in [0, 0.05) is 0 Å². The van der Waals surface area contributed by atoms with Crippen LogP contribution in [0.5, 0.6) is 0 Å². The summed E-state index contributed by atoms with van der Waals surface area (Å²) >= 11 is 0. The summed E-state index contributed by atoms with van der Waals surface area (Å²) < 4.78 is 7.67. The molecule has 0 radical (unpaired) electrons. The van der Waals surface area contributed by atoms with Gasteiger partial charge in [0.15, 0.2) is 8.24 Å². The Kier molecular flexibility index (Phi) is 4.30. The fourth-order valence-electron chi connectivity index (χ4n) is 3.01. The Bertz CT molecular complexity index is 423. The van der Waals surface area contributed by atoms with Gasteiger partial charge in [-0.25, -0.2) is 4.79 Å². The number of carbonyl (C=O) groups is 1. The lowest BCUT2D eigenvalue weighted by Crippen LogP contribution is -2.52. The van der Waals surface area contributed by atoms with E-state index in [2.05, 4.69) is 25.3 Å². The predicted molar refractivity (Wildman–Crippen MR) is 79.6 cm³/mol. The molecule has 0 saturated carbocycles. The molecule has 0 aromatic heterocycles. The summed E-state index contributed by atoms with van der Waals surface area (Å²) in [7, 11) is -1.66. The highest BCUT2D eigenvalue weighted by Gasteiger charge is 2.45. The second kappa shape index (κ2) is 5.78. The summed E-state index contributed by atoms with van der Waals surface area (Å²) in [5, 5.41) is 0. The van der Waals surface area contributed by atoms with Crippen molar-refractivity contribution in [2.45, 2.75) is 45.0 Å². The molecule has 0 N–H and O–H groups in total. The molecule has 104 valence electrons. The van der Waals surface area contributed by atoms with Gasteiger partial charge in [0.1, 0.15) is 6.10 Å². The average Bonchev–Trinajstić information content (AvgIpc) is 2.85. The van der Waals surface area contributed by atoms with Gasteiger partial charge < -0.3 is 9.30 Å². The van der Waals surface area contributed by atoms with Crippen molar-refractivity contribution in [2.75, 3.05) is 6.54 Å². The fourth-order valence-corrected chi connectivity index (χ4v) is 6.65. The standard InChI is InChI=1S/C15H23NO2Si/c1-4-19(5-2,6-3)16-12-14(18-15(16)17)13-10-8-7-9-11-13/h7-11,14H,4-6,12H2,1-3H3. The van der Waals surface area contributed by atoms with Gasteiger partial charge in [-0.3, -0.25) is 0 Å². The summed E-state index contributed by atoms with van der Waals surface area (Å²) in [4.78, 5) is 12.2. The number of hydrogen-bond donors (Lipinski definition) is 0. The third kappa shape index (κ3) is 2.54. The Hall–Kier alpha value is -1.29. The first kappa shape index (κ1) is 14.1. The molecule has 0 bridgehead atoms. The van der Waals surface area contributed by atoms with Crippen LogP contribution in [0.2, 0.25) is 18.1 Å². The van der Waals surface area contributed by atoms with E-state index in [1.54, 1.807) is 0 Å². The molecule has 1 saturated heterocycles. The summed E-state index contributed by atoms with van der Waals surface area (Å²) in [5.74, 6) is 0. The van der Waals surface area contributed by atoms with E-state index in [-0.39, 0.29) is 12.2 Å². The van der Waals surface area contributed by atoms with Crippen LogP contribution in [0.1, 0.15) is 32.4 Å². The van der Waals surface area contributed by atoms with Gasteiger partial charge in [0.2, 0.25) is 0 Å². The van der Waals surface area contributed by atoms with Crippen molar-refractivity contribution in [3.8, 4) is 0 Å². The number of hydrogen-bond acceptors (Lipinski definition) is 2. The van der Waals surface area contributed by atoms with E-state index in [1.165, 1.54) is 0 Å². The van der Waals surface area contributed by atoms with Crippen LogP contribution < -0.4 is 0 Å². The topological polar surface area (TPSA) is 29.5 Å². The monoisotopic (exact) mass is 277 g/mol. The first-order chi connectivity index (χ1) is 9.16. The minimum atomic E-state index is -1.66. The van der Waals surface area contributed by atoms with Crippen molar-refractivity contribution >= 4 is 14.3 Å². The Morgan fingerprint density at radius 3 is 2.26 bits per heavy atom. The summed E-state index contributed by atoms with van der Waals surface area (Å²) in [5.41, 5.74) is 1.10. The van der Waals surface area contributed by atoms with Crippen molar-refractivity contribution in [1.82, 2.24) is 4.57 Å². The number of benzene rings is 1. The lowest BCUT2D eigenvalue weighted by molar-refractivity contribution is 0.137. The maximum Gasteiger partial charge on any atom is 0.402 e. The number of ether oxygens (including phenoxy) is 1. The highest BCUT2D eigenvalue weighted by molar-refractivity contribution is 6.78. The Morgan fingerprint density at radius 1 is 1.16 bits per heavy atom. The number of rotatable bonds is 5. The molecule has 1 aliphatic rings. The molecule has 1 unspecified atom stereocenters. The van der Waals surface area contributed by atoms with Gasteiger partial charge in [0.05, 0.1) is 6.54 Å². The van der Waals surface area contributed by atoms with Gasteiger partial charge >= 0.3 is 6.09 Å². The van der Waals surface area contributed by atoms with Crippen molar-refractivity contribution in [3.05, 3.63) is 35.9 Å². The molecule has 1 fully saturated rings. The number of carbonyl (C=O) groups excluding carboxylic acids is 1. The number of nitrogens with zero attached hydrogens (tertiary/aromatic N) is 1. The summed E-state index contributed by atoms with van der Waals surface area (Å²) in [6.07, 6.45) is -0.198. The minimum Gasteiger partial charge on any atom is -0.440 e. The molecule has 4 heteroatoms. The molecule has 1 aromatic rings. The van der Waals surface area contributed by atoms with Crippen molar-refractivity contribution in [2.24, 2.45) is 0 Å². The molecular weight excluding hydrogens is 254 g/mol. The van der Waals surface area contributed by atoms with Gasteiger partial charge in [-0.1, -0.05) is 51.1 Å². The Morgan fingerprint density at radius 2 is 1.74 bits per heavy atom.